The Balaban J connectivity index is 5.04. The van der Waals surface area contributed by atoms with E-state index in [-0.39, 0.29) is 18.6 Å². The van der Waals surface area contributed by atoms with Crippen LogP contribution in [-0.2, 0) is 14.3 Å². The fourth-order valence-electron chi connectivity index (χ4n) is 1.40. The number of nitrogens with one attached hydrogen (secondary N) is 2. The van der Waals surface area contributed by atoms with Crippen molar-refractivity contribution in [3.8, 4) is 0 Å². The maximum absolute atomic E-state index is 11.8. The van der Waals surface area contributed by atoms with E-state index >= 15 is 0 Å². The molecular weight excluding hydrogens is 264 g/mol. The van der Waals surface area contributed by atoms with E-state index < -0.39 is 23.7 Å². The number of ether oxygens (including phenoxy) is 1. The van der Waals surface area contributed by atoms with E-state index in [9.17, 15) is 14.4 Å². The predicted octanol–water partition coefficient (Wildman–Crippen LogP) is 1.40. The number of amides is 2. The molecule has 3 N–H and O–H groups in total. The van der Waals surface area contributed by atoms with Gasteiger partial charge in [-0.25, -0.2) is 14.4 Å². The lowest BCUT2D eigenvalue weighted by atomic mass is 10.1. The number of carboxylic acids is 1. The second-order valence-corrected chi connectivity index (χ2v) is 3.99. The van der Waals surface area contributed by atoms with Crippen LogP contribution >= 0.6 is 0 Å². The Morgan fingerprint density at radius 2 is 1.80 bits per heavy atom. The lowest BCUT2D eigenvalue weighted by Gasteiger charge is -2.12. The van der Waals surface area contributed by atoms with E-state index in [4.69, 9.17) is 9.84 Å². The van der Waals surface area contributed by atoms with E-state index in [1.54, 1.807) is 13.8 Å². The average molecular weight is 286 g/mol. The van der Waals surface area contributed by atoms with Crippen molar-refractivity contribution in [1.82, 2.24) is 10.6 Å². The number of hydrogen-bond donors (Lipinski definition) is 3. The molecule has 7 nitrogen and oxygen atoms in total. The molecule has 0 heterocycles. The second kappa shape index (κ2) is 9.82. The summed E-state index contributed by atoms with van der Waals surface area (Å²) in [5.74, 6) is -2.09. The van der Waals surface area contributed by atoms with Crippen LogP contribution in [0, 0.1) is 0 Å². The van der Waals surface area contributed by atoms with Crippen LogP contribution in [-0.4, -0.2) is 36.2 Å². The normalized spacial score (nSPS) is 11.3. The largest absolute Gasteiger partial charge is 0.477 e. The van der Waals surface area contributed by atoms with E-state index in [2.05, 4.69) is 10.6 Å². The van der Waals surface area contributed by atoms with E-state index in [1.165, 1.54) is 0 Å². The van der Waals surface area contributed by atoms with Crippen molar-refractivity contribution in [2.24, 2.45) is 0 Å². The fraction of sp³-hybridized carbons (Fsp3) is 0.615. The topological polar surface area (TPSA) is 105 Å². The molecule has 0 spiro atoms. The monoisotopic (exact) mass is 286 g/mol. The molecule has 0 bridgehead atoms. The first-order valence-electron chi connectivity index (χ1n) is 6.66. The van der Waals surface area contributed by atoms with Crippen molar-refractivity contribution in [2.75, 3.05) is 13.2 Å². The molecule has 2 amide bonds. The van der Waals surface area contributed by atoms with Gasteiger partial charge >= 0.3 is 18.0 Å². The summed E-state index contributed by atoms with van der Waals surface area (Å²) in [5, 5.41) is 13.7. The molecule has 0 fully saturated rings. The average Bonchev–Trinajstić information content (AvgIpc) is 2.38. The van der Waals surface area contributed by atoms with E-state index in [0.717, 1.165) is 6.42 Å². The predicted molar refractivity (Wildman–Crippen MR) is 73.0 cm³/mol. The number of hydrogen-bond acceptors (Lipinski definition) is 4. The summed E-state index contributed by atoms with van der Waals surface area (Å²) in [4.78, 5) is 34.4. The molecule has 0 saturated heterocycles. The van der Waals surface area contributed by atoms with Crippen molar-refractivity contribution < 1.29 is 24.2 Å². The molecule has 0 aliphatic heterocycles. The third kappa shape index (κ3) is 6.21. The zero-order chi connectivity index (χ0) is 15.5. The molecule has 20 heavy (non-hydrogen) atoms. The first-order chi connectivity index (χ1) is 9.47. The molecule has 7 heteroatoms. The Labute approximate surface area is 118 Å². The van der Waals surface area contributed by atoms with Gasteiger partial charge in [0.25, 0.3) is 0 Å². The molecule has 0 aromatic rings. The lowest BCUT2D eigenvalue weighted by Crippen LogP contribution is -2.38. The number of urea groups is 1. The molecule has 0 aliphatic carbocycles. The zero-order valence-corrected chi connectivity index (χ0v) is 12.1. The van der Waals surface area contributed by atoms with Crippen molar-refractivity contribution in [3.63, 3.8) is 0 Å². The maximum Gasteiger partial charge on any atom is 0.353 e. The minimum absolute atomic E-state index is 0.0557. The van der Waals surface area contributed by atoms with Crippen LogP contribution in [0.5, 0.6) is 0 Å². The molecule has 0 aliphatic rings. The van der Waals surface area contributed by atoms with Crippen LogP contribution in [0.1, 0.15) is 40.0 Å². The Bertz CT molecular complexity index is 390. The van der Waals surface area contributed by atoms with Crippen molar-refractivity contribution in [3.05, 3.63) is 11.3 Å². The Morgan fingerprint density at radius 1 is 1.15 bits per heavy atom. The van der Waals surface area contributed by atoms with Gasteiger partial charge in [-0.2, -0.15) is 0 Å². The van der Waals surface area contributed by atoms with Crippen LogP contribution < -0.4 is 10.6 Å². The number of aliphatic carboxylic acids is 1. The molecule has 0 rings (SSSR count). The molecule has 0 saturated carbocycles. The molecule has 0 aromatic carbocycles. The first-order valence-corrected chi connectivity index (χ1v) is 6.66. The van der Waals surface area contributed by atoms with E-state index in [0.29, 0.717) is 13.0 Å². The highest BCUT2D eigenvalue weighted by Gasteiger charge is 2.22. The second-order valence-electron chi connectivity index (χ2n) is 3.99. The summed E-state index contributed by atoms with van der Waals surface area (Å²) in [6.07, 6.45) is 1.72. The summed E-state index contributed by atoms with van der Waals surface area (Å²) in [6.45, 7) is 5.85. The highest BCUT2D eigenvalue weighted by Crippen LogP contribution is 2.10. The smallest absolute Gasteiger partial charge is 0.353 e. The SMILES string of the molecule is CCCCOC(=O)/C(CC)=C(\NC(=O)NCC)C(=O)O. The summed E-state index contributed by atoms with van der Waals surface area (Å²) in [6, 6.07) is -0.669. The number of carbonyl (C=O) groups excluding carboxylic acids is 2. The van der Waals surface area contributed by atoms with Gasteiger partial charge in [-0.05, 0) is 19.8 Å². The number of rotatable bonds is 8. The highest BCUT2D eigenvalue weighted by molar-refractivity contribution is 6.01. The standard InChI is InChI=1S/C13H22N2O5/c1-4-7-8-20-12(18)9(5-2)10(11(16)17)15-13(19)14-6-3/h4-8H2,1-3H3,(H,16,17)(H2,14,15,19)/b10-9-. The van der Waals surface area contributed by atoms with Gasteiger partial charge in [-0.3, -0.25) is 0 Å². The summed E-state index contributed by atoms with van der Waals surface area (Å²) in [7, 11) is 0. The molecule has 0 atom stereocenters. The number of carboxylic acid groups (broad SMARTS) is 1. The van der Waals surface area contributed by atoms with Gasteiger partial charge in [0, 0.05) is 6.54 Å². The quantitative estimate of drug-likeness (QED) is 0.355. The van der Waals surface area contributed by atoms with Crippen molar-refractivity contribution >= 4 is 18.0 Å². The van der Waals surface area contributed by atoms with Gasteiger partial charge in [0.2, 0.25) is 0 Å². The Kier molecular flexibility index (Phi) is 8.82. The highest BCUT2D eigenvalue weighted by atomic mass is 16.5. The fourth-order valence-corrected chi connectivity index (χ4v) is 1.40. The first kappa shape index (κ1) is 17.9. The van der Waals surface area contributed by atoms with Gasteiger partial charge in [0.15, 0.2) is 0 Å². The summed E-state index contributed by atoms with van der Waals surface area (Å²) < 4.78 is 4.98. The van der Waals surface area contributed by atoms with Crippen molar-refractivity contribution in [2.45, 2.75) is 40.0 Å². The summed E-state index contributed by atoms with van der Waals surface area (Å²) in [5.41, 5.74) is -0.500. The Hall–Kier alpha value is -2.05. The van der Waals surface area contributed by atoms with Crippen LogP contribution in [0.25, 0.3) is 0 Å². The number of carbonyl (C=O) groups is 3. The van der Waals surface area contributed by atoms with Gasteiger partial charge < -0.3 is 20.5 Å². The zero-order valence-electron chi connectivity index (χ0n) is 12.1. The minimum atomic E-state index is -1.37. The van der Waals surface area contributed by atoms with Gasteiger partial charge in [-0.15, -0.1) is 0 Å². The van der Waals surface area contributed by atoms with Gasteiger partial charge in [0.05, 0.1) is 12.2 Å². The van der Waals surface area contributed by atoms with Crippen LogP contribution in [0.3, 0.4) is 0 Å². The third-order valence-electron chi connectivity index (χ3n) is 2.42. The van der Waals surface area contributed by atoms with Crippen LogP contribution in [0.2, 0.25) is 0 Å². The molecular formula is C13H22N2O5. The maximum atomic E-state index is 11.8. The Morgan fingerprint density at radius 3 is 2.25 bits per heavy atom. The lowest BCUT2D eigenvalue weighted by molar-refractivity contribution is -0.140. The van der Waals surface area contributed by atoms with Crippen molar-refractivity contribution in [1.29, 1.82) is 0 Å². The van der Waals surface area contributed by atoms with Gasteiger partial charge in [0.1, 0.15) is 5.70 Å². The molecule has 0 radical (unpaired) electrons. The number of esters is 1. The van der Waals surface area contributed by atoms with E-state index in [1.807, 2.05) is 6.92 Å². The summed E-state index contributed by atoms with van der Waals surface area (Å²) >= 11 is 0. The molecule has 114 valence electrons. The molecule has 0 aromatic heterocycles. The minimum Gasteiger partial charge on any atom is -0.477 e. The van der Waals surface area contributed by atoms with Crippen LogP contribution in [0.4, 0.5) is 4.79 Å². The van der Waals surface area contributed by atoms with Gasteiger partial charge in [-0.1, -0.05) is 20.3 Å². The number of unbranched alkanes of at least 4 members (excludes halogenated alkanes) is 1. The molecule has 0 unspecified atom stereocenters. The third-order valence-corrected chi connectivity index (χ3v) is 2.42. The van der Waals surface area contributed by atoms with Crippen LogP contribution in [0.15, 0.2) is 11.3 Å².